The molecule has 0 N–H and O–H groups in total. The van der Waals surface area contributed by atoms with Gasteiger partial charge in [-0.25, -0.2) is 0 Å². The lowest BCUT2D eigenvalue weighted by molar-refractivity contribution is 0.0747. The van der Waals surface area contributed by atoms with E-state index >= 15 is 0 Å². The Hall–Kier alpha value is -3.28. The number of ether oxygens (including phenoxy) is 1. The Morgan fingerprint density at radius 3 is 2.20 bits per heavy atom. The van der Waals surface area contributed by atoms with Crippen LogP contribution in [0.5, 0.6) is 5.75 Å². The Morgan fingerprint density at radius 1 is 0.967 bits per heavy atom. The van der Waals surface area contributed by atoms with Crippen molar-refractivity contribution >= 4 is 11.6 Å². The lowest BCUT2D eigenvalue weighted by atomic mass is 10.1. The third-order valence-corrected chi connectivity index (χ3v) is 5.64. The zero-order valence-corrected chi connectivity index (χ0v) is 17.8. The van der Waals surface area contributed by atoms with Crippen LogP contribution in [0.2, 0.25) is 0 Å². The van der Waals surface area contributed by atoms with Gasteiger partial charge in [0.1, 0.15) is 5.75 Å². The van der Waals surface area contributed by atoms with Gasteiger partial charge in [-0.1, -0.05) is 12.1 Å². The zero-order valence-electron chi connectivity index (χ0n) is 17.8. The smallest absolute Gasteiger partial charge is 0.253 e. The summed E-state index contributed by atoms with van der Waals surface area (Å²) in [4.78, 5) is 17.2. The number of hydrogen-bond acceptors (Lipinski definition) is 4. The lowest BCUT2D eigenvalue weighted by Gasteiger charge is -2.36. The summed E-state index contributed by atoms with van der Waals surface area (Å²) in [6.45, 7) is 7.87. The molecule has 3 aromatic rings. The highest BCUT2D eigenvalue weighted by molar-refractivity contribution is 5.94. The minimum absolute atomic E-state index is 0.0991. The number of aryl methyl sites for hydroxylation is 2. The second-order valence-electron chi connectivity index (χ2n) is 7.76. The second-order valence-corrected chi connectivity index (χ2v) is 7.76. The number of methoxy groups -OCH3 is 1. The van der Waals surface area contributed by atoms with Crippen molar-refractivity contribution in [3.63, 3.8) is 0 Å². The number of carbonyl (C=O) groups excluding carboxylic acids is 1. The molecule has 0 aliphatic carbocycles. The predicted octanol–water partition coefficient (Wildman–Crippen LogP) is 3.52. The molecular weight excluding hydrogens is 376 g/mol. The van der Waals surface area contributed by atoms with Crippen LogP contribution >= 0.6 is 0 Å². The summed E-state index contributed by atoms with van der Waals surface area (Å²) in [7, 11) is 1.67. The van der Waals surface area contributed by atoms with Crippen LogP contribution in [0, 0.1) is 13.8 Å². The minimum Gasteiger partial charge on any atom is -0.497 e. The minimum atomic E-state index is 0.0991. The number of rotatable bonds is 5. The summed E-state index contributed by atoms with van der Waals surface area (Å²) in [5.74, 6) is 0.955. The van der Waals surface area contributed by atoms with Crippen molar-refractivity contribution in [2.24, 2.45) is 0 Å². The summed E-state index contributed by atoms with van der Waals surface area (Å²) in [5, 5.41) is 4.51. The molecule has 1 aromatic heterocycles. The van der Waals surface area contributed by atoms with E-state index in [1.807, 2.05) is 52.9 Å². The van der Waals surface area contributed by atoms with Crippen LogP contribution in [0.1, 0.15) is 27.3 Å². The van der Waals surface area contributed by atoms with Crippen LogP contribution < -0.4 is 9.64 Å². The van der Waals surface area contributed by atoms with Crippen LogP contribution in [0.4, 0.5) is 5.69 Å². The first-order valence-electron chi connectivity index (χ1n) is 10.3. The number of nitrogens with zero attached hydrogens (tertiary/aromatic N) is 4. The van der Waals surface area contributed by atoms with E-state index in [-0.39, 0.29) is 5.91 Å². The van der Waals surface area contributed by atoms with Crippen molar-refractivity contribution in [2.75, 3.05) is 38.2 Å². The van der Waals surface area contributed by atoms with E-state index in [9.17, 15) is 4.79 Å². The zero-order chi connectivity index (χ0) is 21.1. The molecule has 2 heterocycles. The summed E-state index contributed by atoms with van der Waals surface area (Å²) in [6.07, 6.45) is 0. The number of amides is 1. The van der Waals surface area contributed by atoms with Crippen LogP contribution in [0.15, 0.2) is 54.6 Å². The molecular formula is C24H28N4O2. The van der Waals surface area contributed by atoms with Crippen LogP contribution in [-0.4, -0.2) is 53.9 Å². The third-order valence-electron chi connectivity index (χ3n) is 5.64. The van der Waals surface area contributed by atoms with Crippen molar-refractivity contribution in [1.29, 1.82) is 0 Å². The monoisotopic (exact) mass is 404 g/mol. The number of hydrogen-bond donors (Lipinski definition) is 0. The second kappa shape index (κ2) is 8.61. The molecule has 156 valence electrons. The molecule has 1 fully saturated rings. The highest BCUT2D eigenvalue weighted by atomic mass is 16.5. The molecule has 0 unspecified atom stereocenters. The molecule has 6 heteroatoms. The molecule has 1 saturated heterocycles. The summed E-state index contributed by atoms with van der Waals surface area (Å²) in [6, 6.07) is 18.1. The van der Waals surface area contributed by atoms with E-state index in [0.717, 1.165) is 60.1 Å². The maximum atomic E-state index is 12.9. The maximum absolute atomic E-state index is 12.9. The van der Waals surface area contributed by atoms with Crippen LogP contribution in [0.25, 0.3) is 0 Å². The van der Waals surface area contributed by atoms with Gasteiger partial charge in [0.2, 0.25) is 0 Å². The van der Waals surface area contributed by atoms with Gasteiger partial charge in [-0.05, 0) is 61.9 Å². The first-order chi connectivity index (χ1) is 14.5. The summed E-state index contributed by atoms with van der Waals surface area (Å²) in [5.41, 5.74) is 5.21. The average Bonchev–Trinajstić information content (AvgIpc) is 3.10. The van der Waals surface area contributed by atoms with E-state index in [2.05, 4.69) is 35.1 Å². The van der Waals surface area contributed by atoms with E-state index in [1.54, 1.807) is 7.11 Å². The van der Waals surface area contributed by atoms with E-state index < -0.39 is 0 Å². The molecule has 4 rings (SSSR count). The number of carbonyl (C=O) groups is 1. The Kier molecular flexibility index (Phi) is 5.74. The van der Waals surface area contributed by atoms with Gasteiger partial charge in [0.25, 0.3) is 5.91 Å². The van der Waals surface area contributed by atoms with Gasteiger partial charge >= 0.3 is 0 Å². The number of anilines is 1. The van der Waals surface area contributed by atoms with Crippen LogP contribution in [0.3, 0.4) is 0 Å². The van der Waals surface area contributed by atoms with Crippen LogP contribution in [-0.2, 0) is 6.54 Å². The summed E-state index contributed by atoms with van der Waals surface area (Å²) < 4.78 is 7.22. The first kappa shape index (κ1) is 20.0. The van der Waals surface area contributed by atoms with Gasteiger partial charge in [-0.15, -0.1) is 0 Å². The van der Waals surface area contributed by atoms with Crippen molar-refractivity contribution in [1.82, 2.24) is 14.7 Å². The number of piperazine rings is 1. The molecule has 0 spiro atoms. The Labute approximate surface area is 177 Å². The first-order valence-corrected chi connectivity index (χ1v) is 10.3. The van der Waals surface area contributed by atoms with E-state index in [0.29, 0.717) is 6.54 Å². The fourth-order valence-electron chi connectivity index (χ4n) is 3.90. The molecule has 0 atom stereocenters. The molecule has 1 aliphatic heterocycles. The molecule has 1 aliphatic rings. The molecule has 0 radical (unpaired) electrons. The average molecular weight is 405 g/mol. The molecule has 0 bridgehead atoms. The largest absolute Gasteiger partial charge is 0.497 e. The van der Waals surface area contributed by atoms with Crippen molar-refractivity contribution in [2.45, 2.75) is 20.4 Å². The molecule has 2 aromatic carbocycles. The van der Waals surface area contributed by atoms with E-state index in [4.69, 9.17) is 4.74 Å². The van der Waals surface area contributed by atoms with Crippen molar-refractivity contribution in [3.05, 3.63) is 77.1 Å². The standard InChI is InChI=1S/C24H28N4O2/c1-18-16-19(2)28(25-18)17-20-4-6-21(7-5-20)24(29)27-14-12-26(13-15-27)22-8-10-23(30-3)11-9-22/h4-11,16H,12-15,17H2,1-3H3. The van der Waals surface area contributed by atoms with Crippen molar-refractivity contribution < 1.29 is 9.53 Å². The number of aromatic nitrogens is 2. The van der Waals surface area contributed by atoms with E-state index in [1.165, 1.54) is 0 Å². The SMILES string of the molecule is COc1ccc(N2CCN(C(=O)c3ccc(Cn4nc(C)cc4C)cc3)CC2)cc1. The fraction of sp³-hybridized carbons (Fsp3) is 0.333. The highest BCUT2D eigenvalue weighted by Gasteiger charge is 2.22. The molecule has 1 amide bonds. The fourth-order valence-corrected chi connectivity index (χ4v) is 3.90. The number of benzene rings is 2. The van der Waals surface area contributed by atoms with Gasteiger partial charge in [0.15, 0.2) is 0 Å². The van der Waals surface area contributed by atoms with Gasteiger partial charge in [0, 0.05) is 43.1 Å². The Balaban J connectivity index is 1.35. The lowest BCUT2D eigenvalue weighted by Crippen LogP contribution is -2.48. The topological polar surface area (TPSA) is 50.6 Å². The third kappa shape index (κ3) is 4.32. The van der Waals surface area contributed by atoms with Crippen molar-refractivity contribution in [3.8, 4) is 5.75 Å². The van der Waals surface area contributed by atoms with Gasteiger partial charge in [-0.2, -0.15) is 5.10 Å². The quantitative estimate of drug-likeness (QED) is 0.653. The Morgan fingerprint density at radius 2 is 1.63 bits per heavy atom. The highest BCUT2D eigenvalue weighted by Crippen LogP contribution is 2.21. The van der Waals surface area contributed by atoms with Gasteiger partial charge in [-0.3, -0.25) is 9.48 Å². The van der Waals surface area contributed by atoms with Gasteiger partial charge < -0.3 is 14.5 Å². The predicted molar refractivity (Wildman–Crippen MR) is 118 cm³/mol. The molecule has 30 heavy (non-hydrogen) atoms. The Bertz CT molecular complexity index is 1000. The normalized spacial score (nSPS) is 14.1. The summed E-state index contributed by atoms with van der Waals surface area (Å²) >= 11 is 0. The van der Waals surface area contributed by atoms with Gasteiger partial charge in [0.05, 0.1) is 19.3 Å². The molecule has 0 saturated carbocycles. The maximum Gasteiger partial charge on any atom is 0.253 e. The molecule has 6 nitrogen and oxygen atoms in total.